The summed E-state index contributed by atoms with van der Waals surface area (Å²) in [5.41, 5.74) is 1.59. The van der Waals surface area contributed by atoms with Crippen LogP contribution in [0, 0.1) is 0 Å². The summed E-state index contributed by atoms with van der Waals surface area (Å²) in [5, 5.41) is 11.3. The number of nitrogens with one attached hydrogen (secondary N) is 1. The number of nitrogens with zero attached hydrogens (tertiary/aromatic N) is 4. The van der Waals surface area contributed by atoms with Crippen LogP contribution in [0.1, 0.15) is 45.1 Å². The van der Waals surface area contributed by atoms with Crippen LogP contribution in [0.5, 0.6) is 5.75 Å². The predicted octanol–water partition coefficient (Wildman–Crippen LogP) is 4.11. The Morgan fingerprint density at radius 3 is 2.50 bits per heavy atom. The highest BCUT2D eigenvalue weighted by atomic mass is 16.5. The molecule has 0 aliphatic heterocycles. The quantitative estimate of drug-likeness (QED) is 0.380. The number of rotatable bonds is 9. The van der Waals surface area contributed by atoms with Crippen molar-refractivity contribution in [2.45, 2.75) is 52.4 Å². The molecular weight excluding hydrogens is 458 g/mol. The summed E-state index contributed by atoms with van der Waals surface area (Å²) in [7, 11) is 0. The van der Waals surface area contributed by atoms with Crippen molar-refractivity contribution in [2.24, 2.45) is 0 Å². The van der Waals surface area contributed by atoms with Crippen LogP contribution < -0.4 is 10.1 Å². The fourth-order valence-electron chi connectivity index (χ4n) is 3.97. The molecule has 0 saturated carbocycles. The fourth-order valence-corrected chi connectivity index (χ4v) is 3.97. The van der Waals surface area contributed by atoms with E-state index in [1.165, 1.54) is 4.90 Å². The van der Waals surface area contributed by atoms with Gasteiger partial charge in [0.05, 0.1) is 24.9 Å². The van der Waals surface area contributed by atoms with Crippen molar-refractivity contribution >= 4 is 22.8 Å². The van der Waals surface area contributed by atoms with Gasteiger partial charge in [-0.1, -0.05) is 29.5 Å². The summed E-state index contributed by atoms with van der Waals surface area (Å²) in [6.07, 6.45) is 1.55. The van der Waals surface area contributed by atoms with Gasteiger partial charge in [0.2, 0.25) is 11.8 Å². The van der Waals surface area contributed by atoms with E-state index in [1.54, 1.807) is 35.2 Å². The number of carbonyl (C=O) groups is 2. The van der Waals surface area contributed by atoms with E-state index in [9.17, 15) is 9.59 Å². The molecule has 0 spiro atoms. The average molecular weight is 490 g/mol. The van der Waals surface area contributed by atoms with Crippen molar-refractivity contribution in [3.63, 3.8) is 0 Å². The van der Waals surface area contributed by atoms with Gasteiger partial charge in [0.25, 0.3) is 0 Å². The molecule has 0 fully saturated rings. The van der Waals surface area contributed by atoms with Crippen molar-refractivity contribution in [3.8, 4) is 5.75 Å². The topological polar surface area (TPSA) is 102 Å². The first-order chi connectivity index (χ1) is 17.2. The lowest BCUT2D eigenvalue weighted by molar-refractivity contribution is -0.143. The maximum Gasteiger partial charge on any atom is 0.247 e. The van der Waals surface area contributed by atoms with Gasteiger partial charge in [-0.05, 0) is 69.7 Å². The van der Waals surface area contributed by atoms with Crippen molar-refractivity contribution in [1.29, 1.82) is 0 Å². The first kappa shape index (κ1) is 25.0. The molecule has 1 atom stereocenters. The SMILES string of the molecule is CCOc1ccc([C@H](C(=O)NC(C)(C)C)N(Cc2ccco2)C(=O)Cn2nnc3ccccc32)cc1. The van der Waals surface area contributed by atoms with Gasteiger partial charge >= 0.3 is 0 Å². The molecule has 0 bridgehead atoms. The molecule has 1 N–H and O–H groups in total. The van der Waals surface area contributed by atoms with E-state index < -0.39 is 11.6 Å². The van der Waals surface area contributed by atoms with Crippen molar-refractivity contribution in [1.82, 2.24) is 25.2 Å². The number of amides is 2. The number of hydrogen-bond donors (Lipinski definition) is 1. The molecule has 9 heteroatoms. The van der Waals surface area contributed by atoms with Crippen molar-refractivity contribution < 1.29 is 18.7 Å². The molecule has 188 valence electrons. The number of furan rings is 1. The minimum Gasteiger partial charge on any atom is -0.494 e. The summed E-state index contributed by atoms with van der Waals surface area (Å²) in [4.78, 5) is 29.0. The molecule has 4 rings (SSSR count). The van der Waals surface area contributed by atoms with Gasteiger partial charge in [-0.15, -0.1) is 5.10 Å². The zero-order valence-corrected chi connectivity index (χ0v) is 21.0. The van der Waals surface area contributed by atoms with Gasteiger partial charge in [0, 0.05) is 5.54 Å². The van der Waals surface area contributed by atoms with Crippen LogP contribution in [-0.2, 0) is 22.7 Å². The Balaban J connectivity index is 1.73. The molecule has 9 nitrogen and oxygen atoms in total. The van der Waals surface area contributed by atoms with Gasteiger partial charge in [-0.2, -0.15) is 0 Å². The third-order valence-electron chi connectivity index (χ3n) is 5.50. The maximum atomic E-state index is 13.8. The molecule has 4 aromatic rings. The second kappa shape index (κ2) is 10.6. The number of aromatic nitrogens is 3. The second-order valence-corrected chi connectivity index (χ2v) is 9.48. The molecule has 0 aliphatic rings. The minimum absolute atomic E-state index is 0.0858. The number of fused-ring (bicyclic) bond motifs is 1. The second-order valence-electron chi connectivity index (χ2n) is 9.48. The molecule has 0 unspecified atom stereocenters. The van der Waals surface area contributed by atoms with Gasteiger partial charge < -0.3 is 19.4 Å². The average Bonchev–Trinajstić information content (AvgIpc) is 3.49. The van der Waals surface area contributed by atoms with Crippen LogP contribution in [0.3, 0.4) is 0 Å². The summed E-state index contributed by atoms with van der Waals surface area (Å²) < 4.78 is 12.7. The summed E-state index contributed by atoms with van der Waals surface area (Å²) in [6, 6.07) is 17.3. The van der Waals surface area contributed by atoms with Crippen LogP contribution in [0.4, 0.5) is 0 Å². The maximum absolute atomic E-state index is 13.8. The minimum atomic E-state index is -0.910. The smallest absolute Gasteiger partial charge is 0.247 e. The standard InChI is InChI=1S/C27H31N5O4/c1-5-35-20-14-12-19(13-15-20)25(26(34)28-27(2,3)4)31(17-21-9-8-16-36-21)24(33)18-32-23-11-7-6-10-22(23)29-30-32/h6-16,25H,5,17-18H2,1-4H3,(H,28,34)/t25-/m1/s1. The highest BCUT2D eigenvalue weighted by Gasteiger charge is 2.34. The normalized spacial score (nSPS) is 12.3. The highest BCUT2D eigenvalue weighted by Crippen LogP contribution is 2.27. The first-order valence-corrected chi connectivity index (χ1v) is 11.9. The number of carbonyl (C=O) groups excluding carboxylic acids is 2. The van der Waals surface area contributed by atoms with Gasteiger partial charge in [0.1, 0.15) is 29.6 Å². The number of ether oxygens (including phenoxy) is 1. The number of hydrogen-bond acceptors (Lipinski definition) is 6. The first-order valence-electron chi connectivity index (χ1n) is 11.9. The Morgan fingerprint density at radius 1 is 1.08 bits per heavy atom. The molecule has 2 aromatic carbocycles. The zero-order valence-electron chi connectivity index (χ0n) is 21.0. The van der Waals surface area contributed by atoms with E-state index in [4.69, 9.17) is 9.15 Å². The number of para-hydroxylation sites is 1. The Hall–Kier alpha value is -4.14. The van der Waals surface area contributed by atoms with Gasteiger partial charge in [0.15, 0.2) is 0 Å². The van der Waals surface area contributed by atoms with Gasteiger partial charge in [-0.3, -0.25) is 9.59 Å². The molecule has 2 heterocycles. The van der Waals surface area contributed by atoms with E-state index in [0.29, 0.717) is 29.2 Å². The van der Waals surface area contributed by atoms with Crippen LogP contribution in [0.25, 0.3) is 11.0 Å². The highest BCUT2D eigenvalue weighted by molar-refractivity contribution is 5.89. The summed E-state index contributed by atoms with van der Waals surface area (Å²) >= 11 is 0. The summed E-state index contributed by atoms with van der Waals surface area (Å²) in [6.45, 7) is 8.17. The molecule has 0 saturated heterocycles. The Labute approximate surface area is 210 Å². The molecule has 0 radical (unpaired) electrons. The number of benzene rings is 2. The lowest BCUT2D eigenvalue weighted by atomic mass is 10.0. The molecule has 2 aromatic heterocycles. The monoisotopic (exact) mass is 489 g/mol. The zero-order chi connectivity index (χ0) is 25.7. The van der Waals surface area contributed by atoms with E-state index in [0.717, 1.165) is 5.52 Å². The van der Waals surface area contributed by atoms with Crippen LogP contribution in [0.15, 0.2) is 71.3 Å². The predicted molar refractivity (Wildman–Crippen MR) is 135 cm³/mol. The lowest BCUT2D eigenvalue weighted by Crippen LogP contribution is -2.49. The Kier molecular flexibility index (Phi) is 7.38. The van der Waals surface area contributed by atoms with E-state index in [2.05, 4.69) is 15.6 Å². The Bertz CT molecular complexity index is 1310. The van der Waals surface area contributed by atoms with E-state index in [1.807, 2.05) is 64.1 Å². The Morgan fingerprint density at radius 2 is 1.83 bits per heavy atom. The van der Waals surface area contributed by atoms with Crippen LogP contribution >= 0.6 is 0 Å². The van der Waals surface area contributed by atoms with Crippen molar-refractivity contribution in [2.75, 3.05) is 6.61 Å². The van der Waals surface area contributed by atoms with Crippen LogP contribution in [0.2, 0.25) is 0 Å². The lowest BCUT2D eigenvalue weighted by Gasteiger charge is -2.33. The third-order valence-corrected chi connectivity index (χ3v) is 5.50. The van der Waals surface area contributed by atoms with Gasteiger partial charge in [-0.25, -0.2) is 4.68 Å². The van der Waals surface area contributed by atoms with Crippen molar-refractivity contribution in [3.05, 3.63) is 78.3 Å². The largest absolute Gasteiger partial charge is 0.494 e. The van der Waals surface area contributed by atoms with Crippen LogP contribution in [-0.4, -0.2) is 43.9 Å². The summed E-state index contributed by atoms with van der Waals surface area (Å²) in [5.74, 6) is 0.653. The fraction of sp³-hybridized carbons (Fsp3) is 0.333. The molecular formula is C27H31N5O4. The molecule has 0 aliphatic carbocycles. The molecule has 2 amide bonds. The van der Waals surface area contributed by atoms with E-state index in [-0.39, 0.29) is 24.9 Å². The van der Waals surface area contributed by atoms with E-state index >= 15 is 0 Å². The molecule has 36 heavy (non-hydrogen) atoms. The third kappa shape index (κ3) is 5.91.